The van der Waals surface area contributed by atoms with Crippen molar-refractivity contribution in [3.8, 4) is 11.4 Å². The lowest BCUT2D eigenvalue weighted by Gasteiger charge is -2.15. The first-order valence-corrected chi connectivity index (χ1v) is 9.33. The lowest BCUT2D eigenvalue weighted by Crippen LogP contribution is -2.27. The molecule has 1 aromatic carbocycles. The minimum atomic E-state index is -0.00741. The molecule has 1 fully saturated rings. The van der Waals surface area contributed by atoms with Gasteiger partial charge in [-0.1, -0.05) is 0 Å². The van der Waals surface area contributed by atoms with E-state index in [9.17, 15) is 4.79 Å². The van der Waals surface area contributed by atoms with Crippen LogP contribution in [-0.4, -0.2) is 46.6 Å². The Morgan fingerprint density at radius 2 is 1.96 bits per heavy atom. The van der Waals surface area contributed by atoms with E-state index in [0.29, 0.717) is 12.5 Å². The average Bonchev–Trinajstić information content (AvgIpc) is 3.35. The molecule has 0 atom stereocenters. The Bertz CT molecular complexity index is 1020. The molecule has 2 heterocycles. The summed E-state index contributed by atoms with van der Waals surface area (Å²) in [6.07, 6.45) is 2.41. The van der Waals surface area contributed by atoms with Crippen LogP contribution in [0.1, 0.15) is 35.6 Å². The van der Waals surface area contributed by atoms with Gasteiger partial charge in [-0.15, -0.1) is 0 Å². The molecule has 2 N–H and O–H groups in total. The molecular formula is C21H25N5O. The molecule has 1 saturated carbocycles. The number of carbonyl (C=O) groups is 1. The predicted octanol–water partition coefficient (Wildman–Crippen LogP) is 3.62. The highest BCUT2D eigenvalue weighted by atomic mass is 16.2. The standard InChI is InChI=1S/C21H25N5O/c1-12-7-18-16(10-17(12)23-21(27)11-26(3)4)15(14-5-6-14)9-19(22-18)20-8-13(2)24-25-20/h7-10,14H,5-6,11H2,1-4H3,(H,23,27)(H,24,25). The van der Waals surface area contributed by atoms with E-state index in [1.807, 2.05) is 38.9 Å². The molecule has 0 saturated heterocycles. The van der Waals surface area contributed by atoms with E-state index in [0.717, 1.165) is 39.2 Å². The zero-order valence-electron chi connectivity index (χ0n) is 16.3. The Labute approximate surface area is 159 Å². The number of benzene rings is 1. The molecule has 2 aromatic heterocycles. The molecule has 140 valence electrons. The van der Waals surface area contributed by atoms with Gasteiger partial charge in [0.15, 0.2) is 0 Å². The number of carbonyl (C=O) groups excluding carboxylic acids is 1. The Balaban J connectivity index is 1.78. The van der Waals surface area contributed by atoms with Crippen molar-refractivity contribution in [2.45, 2.75) is 32.6 Å². The fourth-order valence-electron chi connectivity index (χ4n) is 3.43. The second kappa shape index (κ2) is 6.78. The number of aromatic amines is 1. The Morgan fingerprint density at radius 3 is 2.59 bits per heavy atom. The highest BCUT2D eigenvalue weighted by Crippen LogP contribution is 2.44. The van der Waals surface area contributed by atoms with Crippen LogP contribution in [0.2, 0.25) is 0 Å². The first kappa shape index (κ1) is 17.7. The molecule has 6 heteroatoms. The Morgan fingerprint density at radius 1 is 1.19 bits per heavy atom. The van der Waals surface area contributed by atoms with E-state index in [4.69, 9.17) is 4.98 Å². The van der Waals surface area contributed by atoms with Gasteiger partial charge in [0.2, 0.25) is 5.91 Å². The number of likely N-dealkylation sites (N-methyl/N-ethyl adjacent to an activating group) is 1. The van der Waals surface area contributed by atoms with Crippen molar-refractivity contribution in [3.63, 3.8) is 0 Å². The molecule has 1 aliphatic rings. The van der Waals surface area contributed by atoms with Gasteiger partial charge < -0.3 is 10.2 Å². The maximum Gasteiger partial charge on any atom is 0.238 e. The second-order valence-electron chi connectivity index (χ2n) is 7.78. The Kier molecular flexibility index (Phi) is 4.44. The summed E-state index contributed by atoms with van der Waals surface area (Å²) in [7, 11) is 3.78. The third-order valence-corrected chi connectivity index (χ3v) is 4.91. The first-order valence-electron chi connectivity index (χ1n) is 9.33. The molecule has 0 spiro atoms. The van der Waals surface area contributed by atoms with Gasteiger partial charge in [0.05, 0.1) is 17.8 Å². The molecule has 0 radical (unpaired) electrons. The molecule has 1 aliphatic carbocycles. The van der Waals surface area contributed by atoms with Crippen LogP contribution >= 0.6 is 0 Å². The molecule has 6 nitrogen and oxygen atoms in total. The van der Waals surface area contributed by atoms with Gasteiger partial charge in [-0.05, 0) is 82.1 Å². The van der Waals surface area contributed by atoms with Crippen LogP contribution in [0.3, 0.4) is 0 Å². The van der Waals surface area contributed by atoms with Crippen molar-refractivity contribution in [3.05, 3.63) is 41.1 Å². The molecule has 0 bridgehead atoms. The molecule has 4 rings (SSSR count). The first-order chi connectivity index (χ1) is 12.9. The summed E-state index contributed by atoms with van der Waals surface area (Å²) < 4.78 is 0. The zero-order valence-corrected chi connectivity index (χ0v) is 16.3. The summed E-state index contributed by atoms with van der Waals surface area (Å²) in [5.74, 6) is 0.564. The van der Waals surface area contributed by atoms with Crippen molar-refractivity contribution in [2.24, 2.45) is 0 Å². The SMILES string of the molecule is Cc1cc(-c2cc(C3CC3)c3cc(NC(=O)CN(C)C)c(C)cc3n2)n[nH]1. The van der Waals surface area contributed by atoms with Gasteiger partial charge in [-0.3, -0.25) is 9.89 Å². The maximum atomic E-state index is 12.2. The van der Waals surface area contributed by atoms with Crippen LogP contribution in [0.15, 0.2) is 24.3 Å². The number of aryl methyl sites for hydroxylation is 2. The van der Waals surface area contributed by atoms with Crippen molar-refractivity contribution < 1.29 is 4.79 Å². The number of nitrogens with zero attached hydrogens (tertiary/aromatic N) is 3. The highest BCUT2D eigenvalue weighted by Gasteiger charge is 2.27. The van der Waals surface area contributed by atoms with Gasteiger partial charge >= 0.3 is 0 Å². The van der Waals surface area contributed by atoms with Crippen LogP contribution in [0, 0.1) is 13.8 Å². The third-order valence-electron chi connectivity index (χ3n) is 4.91. The number of hydrogen-bond acceptors (Lipinski definition) is 4. The summed E-state index contributed by atoms with van der Waals surface area (Å²) >= 11 is 0. The quantitative estimate of drug-likeness (QED) is 0.726. The van der Waals surface area contributed by atoms with Crippen LogP contribution in [0.5, 0.6) is 0 Å². The fraction of sp³-hybridized carbons (Fsp3) is 0.381. The minimum Gasteiger partial charge on any atom is -0.325 e. The largest absolute Gasteiger partial charge is 0.325 e. The van der Waals surface area contributed by atoms with E-state index >= 15 is 0 Å². The molecule has 27 heavy (non-hydrogen) atoms. The van der Waals surface area contributed by atoms with E-state index < -0.39 is 0 Å². The number of aromatic nitrogens is 3. The van der Waals surface area contributed by atoms with Crippen molar-refractivity contribution in [1.82, 2.24) is 20.1 Å². The summed E-state index contributed by atoms with van der Waals surface area (Å²) in [6, 6.07) is 8.33. The van der Waals surface area contributed by atoms with E-state index in [1.165, 1.54) is 18.4 Å². The van der Waals surface area contributed by atoms with E-state index in [-0.39, 0.29) is 5.91 Å². The summed E-state index contributed by atoms with van der Waals surface area (Å²) in [4.78, 5) is 18.9. The molecular weight excluding hydrogens is 338 g/mol. The van der Waals surface area contributed by atoms with Crippen molar-refractivity contribution in [2.75, 3.05) is 26.0 Å². The molecule has 0 aliphatic heterocycles. The number of hydrogen-bond donors (Lipinski definition) is 2. The van der Waals surface area contributed by atoms with E-state index in [1.54, 1.807) is 0 Å². The minimum absolute atomic E-state index is 0.00741. The maximum absolute atomic E-state index is 12.2. The third kappa shape index (κ3) is 3.71. The number of H-pyrrole nitrogens is 1. The van der Waals surface area contributed by atoms with Crippen molar-refractivity contribution in [1.29, 1.82) is 0 Å². The number of anilines is 1. The molecule has 3 aromatic rings. The van der Waals surface area contributed by atoms with Gasteiger partial charge in [0.25, 0.3) is 0 Å². The summed E-state index contributed by atoms with van der Waals surface area (Å²) in [6.45, 7) is 4.36. The fourth-order valence-corrected chi connectivity index (χ4v) is 3.43. The van der Waals surface area contributed by atoms with Gasteiger partial charge in [0, 0.05) is 16.8 Å². The number of nitrogens with one attached hydrogen (secondary N) is 2. The van der Waals surface area contributed by atoms with Crippen LogP contribution in [0.25, 0.3) is 22.3 Å². The average molecular weight is 363 g/mol. The summed E-state index contributed by atoms with van der Waals surface area (Å²) in [5, 5.41) is 11.5. The van der Waals surface area contributed by atoms with Crippen LogP contribution in [0.4, 0.5) is 5.69 Å². The van der Waals surface area contributed by atoms with Crippen LogP contribution in [-0.2, 0) is 4.79 Å². The monoisotopic (exact) mass is 363 g/mol. The Hall–Kier alpha value is -2.73. The molecule has 1 amide bonds. The lowest BCUT2D eigenvalue weighted by atomic mass is 10.00. The van der Waals surface area contributed by atoms with Gasteiger partial charge in [0.1, 0.15) is 5.69 Å². The highest BCUT2D eigenvalue weighted by molar-refractivity contribution is 5.97. The number of fused-ring (bicyclic) bond motifs is 1. The van der Waals surface area contributed by atoms with Crippen molar-refractivity contribution >= 4 is 22.5 Å². The smallest absolute Gasteiger partial charge is 0.238 e. The normalized spacial score (nSPS) is 14.1. The lowest BCUT2D eigenvalue weighted by molar-refractivity contribution is -0.116. The van der Waals surface area contributed by atoms with E-state index in [2.05, 4.69) is 33.7 Å². The van der Waals surface area contributed by atoms with Gasteiger partial charge in [-0.25, -0.2) is 4.98 Å². The number of pyridine rings is 1. The second-order valence-corrected chi connectivity index (χ2v) is 7.78. The van der Waals surface area contributed by atoms with Crippen LogP contribution < -0.4 is 5.32 Å². The summed E-state index contributed by atoms with van der Waals surface area (Å²) in [5.41, 5.74) is 6.93. The zero-order chi connectivity index (χ0) is 19.1. The topological polar surface area (TPSA) is 73.9 Å². The predicted molar refractivity (Wildman–Crippen MR) is 108 cm³/mol. The van der Waals surface area contributed by atoms with Gasteiger partial charge in [-0.2, -0.15) is 5.10 Å². The number of rotatable bonds is 5. The molecule has 0 unspecified atom stereocenters. The number of amides is 1.